The Labute approximate surface area is 107 Å². The Morgan fingerprint density at radius 2 is 1.94 bits per heavy atom. The molecule has 1 aliphatic rings. The predicted octanol–water partition coefficient (Wildman–Crippen LogP) is 2.74. The van der Waals surface area contributed by atoms with Gasteiger partial charge in [-0.25, -0.2) is 9.97 Å². The minimum absolute atomic E-state index is 0.0470. The molecular formula is C10H11ClF3N3O. The predicted molar refractivity (Wildman–Crippen MR) is 59.5 cm³/mol. The van der Waals surface area contributed by atoms with Crippen molar-refractivity contribution >= 4 is 17.4 Å². The molecule has 0 amide bonds. The standard InChI is InChI=1S/C10H11ClF3N3O/c11-7-5-8(15-6-1-3-18-4-2-6)17-9(16-7)10(12,13)14/h5-6H,1-4H2,(H,15,16,17). The number of hydrogen-bond donors (Lipinski definition) is 1. The maximum Gasteiger partial charge on any atom is 0.451 e. The third kappa shape index (κ3) is 3.46. The van der Waals surface area contributed by atoms with E-state index in [2.05, 4.69) is 15.3 Å². The van der Waals surface area contributed by atoms with Crippen molar-refractivity contribution in [1.82, 2.24) is 9.97 Å². The van der Waals surface area contributed by atoms with Crippen LogP contribution in [0.1, 0.15) is 18.7 Å². The number of anilines is 1. The molecule has 1 N–H and O–H groups in total. The molecule has 18 heavy (non-hydrogen) atoms. The lowest BCUT2D eigenvalue weighted by atomic mass is 10.1. The number of nitrogens with zero attached hydrogens (tertiary/aromatic N) is 2. The fourth-order valence-corrected chi connectivity index (χ4v) is 1.85. The Hall–Kier alpha value is -1.08. The van der Waals surface area contributed by atoms with E-state index >= 15 is 0 Å². The third-order valence-corrected chi connectivity index (χ3v) is 2.72. The quantitative estimate of drug-likeness (QED) is 0.847. The third-order valence-electron chi connectivity index (χ3n) is 2.52. The van der Waals surface area contributed by atoms with Crippen LogP contribution in [-0.2, 0) is 10.9 Å². The van der Waals surface area contributed by atoms with Gasteiger partial charge >= 0.3 is 6.18 Å². The van der Waals surface area contributed by atoms with E-state index in [4.69, 9.17) is 16.3 Å². The van der Waals surface area contributed by atoms with Crippen LogP contribution < -0.4 is 5.32 Å². The Kier molecular flexibility index (Phi) is 3.91. The van der Waals surface area contributed by atoms with Crippen LogP contribution in [0.4, 0.5) is 19.0 Å². The zero-order valence-corrected chi connectivity index (χ0v) is 10.1. The van der Waals surface area contributed by atoms with E-state index in [1.54, 1.807) is 0 Å². The maximum absolute atomic E-state index is 12.5. The fourth-order valence-electron chi connectivity index (χ4n) is 1.67. The summed E-state index contributed by atoms with van der Waals surface area (Å²) in [5.41, 5.74) is 0. The average Bonchev–Trinajstić information content (AvgIpc) is 2.28. The monoisotopic (exact) mass is 281 g/mol. The second-order valence-electron chi connectivity index (χ2n) is 3.93. The molecule has 0 saturated carbocycles. The molecule has 8 heteroatoms. The molecule has 0 unspecified atom stereocenters. The second-order valence-corrected chi connectivity index (χ2v) is 4.32. The van der Waals surface area contributed by atoms with Gasteiger partial charge in [-0.3, -0.25) is 0 Å². The molecule has 2 rings (SSSR count). The van der Waals surface area contributed by atoms with Gasteiger partial charge in [0.05, 0.1) is 0 Å². The number of aromatic nitrogens is 2. The molecule has 0 aliphatic carbocycles. The van der Waals surface area contributed by atoms with Crippen LogP contribution in [0, 0.1) is 0 Å². The Bertz CT molecular complexity index is 421. The molecule has 4 nitrogen and oxygen atoms in total. The van der Waals surface area contributed by atoms with Gasteiger partial charge in [0.1, 0.15) is 11.0 Å². The number of halogens is 4. The van der Waals surface area contributed by atoms with Crippen molar-refractivity contribution in [2.75, 3.05) is 18.5 Å². The van der Waals surface area contributed by atoms with Gasteiger partial charge in [0.15, 0.2) is 0 Å². The SMILES string of the molecule is FC(F)(F)c1nc(Cl)cc(NC2CCOCC2)n1. The van der Waals surface area contributed by atoms with E-state index in [1.807, 2.05) is 0 Å². The summed E-state index contributed by atoms with van der Waals surface area (Å²) in [5, 5.41) is 2.69. The van der Waals surface area contributed by atoms with Crippen LogP contribution in [0.3, 0.4) is 0 Å². The molecule has 1 fully saturated rings. The number of alkyl halides is 3. The van der Waals surface area contributed by atoms with Crippen LogP contribution in [0.2, 0.25) is 5.15 Å². The molecule has 1 aromatic heterocycles. The first-order chi connectivity index (χ1) is 8.45. The van der Waals surface area contributed by atoms with Crippen molar-refractivity contribution in [3.05, 3.63) is 17.0 Å². The summed E-state index contributed by atoms with van der Waals surface area (Å²) in [6.07, 6.45) is -3.15. The first-order valence-electron chi connectivity index (χ1n) is 5.41. The Morgan fingerprint density at radius 3 is 2.56 bits per heavy atom. The van der Waals surface area contributed by atoms with Gasteiger partial charge in [-0.15, -0.1) is 0 Å². The molecule has 100 valence electrons. The average molecular weight is 282 g/mol. The van der Waals surface area contributed by atoms with Gasteiger partial charge in [-0.05, 0) is 12.8 Å². The largest absolute Gasteiger partial charge is 0.451 e. The molecule has 1 saturated heterocycles. The summed E-state index contributed by atoms with van der Waals surface area (Å²) in [7, 11) is 0. The normalized spacial score (nSPS) is 17.8. The number of ether oxygens (including phenoxy) is 1. The Balaban J connectivity index is 2.14. The van der Waals surface area contributed by atoms with Crippen molar-refractivity contribution < 1.29 is 17.9 Å². The summed E-state index contributed by atoms with van der Waals surface area (Å²) in [6.45, 7) is 1.17. The van der Waals surface area contributed by atoms with Crippen molar-refractivity contribution in [2.24, 2.45) is 0 Å². The topological polar surface area (TPSA) is 47.0 Å². The molecule has 0 aromatic carbocycles. The summed E-state index contributed by atoms with van der Waals surface area (Å²) < 4.78 is 42.6. The van der Waals surface area contributed by atoms with Gasteiger partial charge in [0, 0.05) is 25.3 Å². The smallest absolute Gasteiger partial charge is 0.381 e. The lowest BCUT2D eigenvalue weighted by molar-refractivity contribution is -0.144. The Morgan fingerprint density at radius 1 is 1.28 bits per heavy atom. The van der Waals surface area contributed by atoms with Crippen LogP contribution in [0.5, 0.6) is 0 Å². The van der Waals surface area contributed by atoms with Crippen LogP contribution >= 0.6 is 11.6 Å². The van der Waals surface area contributed by atoms with Crippen molar-refractivity contribution in [1.29, 1.82) is 0 Å². The van der Waals surface area contributed by atoms with Crippen LogP contribution in [0.15, 0.2) is 6.07 Å². The van der Waals surface area contributed by atoms with Crippen LogP contribution in [0.25, 0.3) is 0 Å². The zero-order chi connectivity index (χ0) is 13.2. The highest BCUT2D eigenvalue weighted by atomic mass is 35.5. The van der Waals surface area contributed by atoms with Gasteiger partial charge in [0.25, 0.3) is 0 Å². The minimum atomic E-state index is -4.60. The van der Waals surface area contributed by atoms with Crippen molar-refractivity contribution in [3.63, 3.8) is 0 Å². The molecule has 0 spiro atoms. The molecule has 1 aromatic rings. The van der Waals surface area contributed by atoms with Crippen LogP contribution in [-0.4, -0.2) is 29.2 Å². The molecule has 2 heterocycles. The molecule has 0 atom stereocenters. The van der Waals surface area contributed by atoms with Gasteiger partial charge in [0.2, 0.25) is 5.82 Å². The minimum Gasteiger partial charge on any atom is -0.381 e. The van der Waals surface area contributed by atoms with E-state index < -0.39 is 12.0 Å². The van der Waals surface area contributed by atoms with E-state index in [0.29, 0.717) is 13.2 Å². The first-order valence-corrected chi connectivity index (χ1v) is 5.79. The van der Waals surface area contributed by atoms with Gasteiger partial charge in [-0.2, -0.15) is 13.2 Å². The van der Waals surface area contributed by atoms with Gasteiger partial charge in [-0.1, -0.05) is 11.6 Å². The second kappa shape index (κ2) is 5.27. The highest BCUT2D eigenvalue weighted by molar-refractivity contribution is 6.29. The lowest BCUT2D eigenvalue weighted by Gasteiger charge is -2.23. The van der Waals surface area contributed by atoms with Crippen molar-refractivity contribution in [2.45, 2.75) is 25.1 Å². The molecular weight excluding hydrogens is 271 g/mol. The van der Waals surface area contributed by atoms with E-state index in [9.17, 15) is 13.2 Å². The molecule has 0 bridgehead atoms. The molecule has 0 radical (unpaired) electrons. The van der Waals surface area contributed by atoms with Crippen molar-refractivity contribution in [3.8, 4) is 0 Å². The fraction of sp³-hybridized carbons (Fsp3) is 0.600. The summed E-state index contributed by atoms with van der Waals surface area (Å²) in [4.78, 5) is 6.59. The zero-order valence-electron chi connectivity index (χ0n) is 9.30. The highest BCUT2D eigenvalue weighted by Gasteiger charge is 2.35. The molecule has 1 aliphatic heterocycles. The summed E-state index contributed by atoms with van der Waals surface area (Å²) >= 11 is 5.56. The highest BCUT2D eigenvalue weighted by Crippen LogP contribution is 2.28. The number of hydrogen-bond acceptors (Lipinski definition) is 4. The lowest BCUT2D eigenvalue weighted by Crippen LogP contribution is -2.28. The summed E-state index contributed by atoms with van der Waals surface area (Å²) in [6, 6.07) is 1.33. The van der Waals surface area contributed by atoms with E-state index in [0.717, 1.165) is 12.8 Å². The first kappa shape index (κ1) is 13.4. The van der Waals surface area contributed by atoms with Gasteiger partial charge < -0.3 is 10.1 Å². The summed E-state index contributed by atoms with van der Waals surface area (Å²) in [5.74, 6) is -1.14. The maximum atomic E-state index is 12.5. The number of rotatable bonds is 2. The number of nitrogens with one attached hydrogen (secondary N) is 1. The van der Waals surface area contributed by atoms with E-state index in [-0.39, 0.29) is 17.0 Å². The van der Waals surface area contributed by atoms with E-state index in [1.165, 1.54) is 6.07 Å².